The van der Waals surface area contributed by atoms with Crippen LogP contribution in [0.1, 0.15) is 18.6 Å². The summed E-state index contributed by atoms with van der Waals surface area (Å²) in [5, 5.41) is 20.8. The molecular weight excluding hydrogens is 362 g/mol. The van der Waals surface area contributed by atoms with Crippen LogP contribution in [0.2, 0.25) is 5.02 Å². The lowest BCUT2D eigenvalue weighted by atomic mass is 10.1. The van der Waals surface area contributed by atoms with E-state index in [1.54, 1.807) is 25.1 Å². The fourth-order valence-electron chi connectivity index (χ4n) is 1.70. The van der Waals surface area contributed by atoms with Crippen molar-refractivity contribution < 1.29 is 14.8 Å². The lowest BCUT2D eigenvalue weighted by molar-refractivity contribution is -0.385. The number of halogens is 2. The maximum Gasteiger partial charge on any atom is 0.311 e. The van der Waals surface area contributed by atoms with Crippen molar-refractivity contribution in [1.82, 2.24) is 0 Å². The maximum absolute atomic E-state index is 11.0. The molecule has 0 heterocycles. The number of hydrogen-bond acceptors (Lipinski definition) is 4. The Kier molecular flexibility index (Phi) is 4.82. The van der Waals surface area contributed by atoms with Crippen molar-refractivity contribution >= 4 is 33.2 Å². The SMILES string of the molecule is C[C@@H](O)c1ccc(Oc2cc(Cl)ccc2[N+](=O)[O-])c(Br)c1. The molecule has 2 rings (SSSR count). The van der Waals surface area contributed by atoms with Gasteiger partial charge in [0.2, 0.25) is 5.75 Å². The van der Waals surface area contributed by atoms with Crippen molar-refractivity contribution in [2.24, 2.45) is 0 Å². The third-order valence-corrected chi connectivity index (χ3v) is 3.63. The minimum atomic E-state index is -0.615. The molecule has 2 aromatic rings. The van der Waals surface area contributed by atoms with Crippen LogP contribution in [0.4, 0.5) is 5.69 Å². The van der Waals surface area contributed by atoms with E-state index in [0.717, 1.165) is 0 Å². The Balaban J connectivity index is 2.38. The van der Waals surface area contributed by atoms with Gasteiger partial charge in [0.15, 0.2) is 0 Å². The molecule has 0 bridgehead atoms. The second-order valence-electron chi connectivity index (χ2n) is 4.34. The second kappa shape index (κ2) is 6.43. The average Bonchev–Trinajstić information content (AvgIpc) is 2.40. The summed E-state index contributed by atoms with van der Waals surface area (Å²) in [6.45, 7) is 1.64. The Morgan fingerprint density at radius 2 is 2.00 bits per heavy atom. The molecule has 110 valence electrons. The first-order chi connectivity index (χ1) is 9.88. The van der Waals surface area contributed by atoms with Gasteiger partial charge in [-0.3, -0.25) is 10.1 Å². The number of hydrogen-bond donors (Lipinski definition) is 1. The summed E-state index contributed by atoms with van der Waals surface area (Å²) in [6.07, 6.45) is -0.615. The van der Waals surface area contributed by atoms with Crippen LogP contribution < -0.4 is 4.74 Å². The third kappa shape index (κ3) is 3.72. The highest BCUT2D eigenvalue weighted by molar-refractivity contribution is 9.10. The molecule has 21 heavy (non-hydrogen) atoms. The Morgan fingerprint density at radius 1 is 1.29 bits per heavy atom. The van der Waals surface area contributed by atoms with Crippen molar-refractivity contribution in [3.8, 4) is 11.5 Å². The normalized spacial score (nSPS) is 12.0. The summed E-state index contributed by atoms with van der Waals surface area (Å²) in [7, 11) is 0. The topological polar surface area (TPSA) is 72.6 Å². The lowest BCUT2D eigenvalue weighted by Crippen LogP contribution is -1.95. The van der Waals surface area contributed by atoms with E-state index < -0.39 is 11.0 Å². The first-order valence-corrected chi connectivity index (χ1v) is 7.15. The molecule has 5 nitrogen and oxygen atoms in total. The number of nitrogens with zero attached hydrogens (tertiary/aromatic N) is 1. The van der Waals surface area contributed by atoms with E-state index >= 15 is 0 Å². The quantitative estimate of drug-likeness (QED) is 0.614. The van der Waals surface area contributed by atoms with E-state index in [4.69, 9.17) is 16.3 Å². The zero-order chi connectivity index (χ0) is 15.6. The van der Waals surface area contributed by atoms with Crippen molar-refractivity contribution in [3.63, 3.8) is 0 Å². The minimum Gasteiger partial charge on any atom is -0.449 e. The molecule has 0 fully saturated rings. The Hall–Kier alpha value is -1.63. The summed E-state index contributed by atoms with van der Waals surface area (Å²) in [5.74, 6) is 0.447. The summed E-state index contributed by atoms with van der Waals surface area (Å²) < 4.78 is 6.14. The van der Waals surface area contributed by atoms with Crippen LogP contribution in [0.5, 0.6) is 11.5 Å². The fraction of sp³-hybridized carbons (Fsp3) is 0.143. The Morgan fingerprint density at radius 3 is 2.57 bits per heavy atom. The van der Waals surface area contributed by atoms with Crippen LogP contribution in [-0.2, 0) is 0 Å². The number of aliphatic hydroxyl groups excluding tert-OH is 1. The van der Waals surface area contributed by atoms with Gasteiger partial charge in [-0.2, -0.15) is 0 Å². The smallest absolute Gasteiger partial charge is 0.311 e. The van der Waals surface area contributed by atoms with Gasteiger partial charge >= 0.3 is 5.69 Å². The van der Waals surface area contributed by atoms with Gasteiger partial charge in [0.25, 0.3) is 0 Å². The number of nitro groups is 1. The molecule has 0 aliphatic rings. The number of benzene rings is 2. The zero-order valence-corrected chi connectivity index (χ0v) is 13.3. The van der Waals surface area contributed by atoms with Gasteiger partial charge in [0.05, 0.1) is 15.5 Å². The molecule has 0 saturated carbocycles. The minimum absolute atomic E-state index is 0.0537. The molecule has 0 radical (unpaired) electrons. The zero-order valence-electron chi connectivity index (χ0n) is 10.9. The van der Waals surface area contributed by atoms with E-state index in [1.807, 2.05) is 0 Å². The number of rotatable bonds is 4. The molecule has 1 N–H and O–H groups in total. The number of nitro benzene ring substituents is 1. The van der Waals surface area contributed by atoms with Gasteiger partial charge < -0.3 is 9.84 Å². The predicted molar refractivity (Wildman–Crippen MR) is 83.0 cm³/mol. The van der Waals surface area contributed by atoms with Crippen molar-refractivity contribution in [1.29, 1.82) is 0 Å². The van der Waals surface area contributed by atoms with Gasteiger partial charge in [-0.05, 0) is 46.6 Å². The first-order valence-electron chi connectivity index (χ1n) is 5.98. The molecule has 2 aromatic carbocycles. The third-order valence-electron chi connectivity index (χ3n) is 2.78. The van der Waals surface area contributed by atoms with Crippen LogP contribution in [0.25, 0.3) is 0 Å². The molecular formula is C14H11BrClNO4. The van der Waals surface area contributed by atoms with Crippen molar-refractivity contribution in [3.05, 3.63) is 61.6 Å². The highest BCUT2D eigenvalue weighted by Gasteiger charge is 2.17. The number of aliphatic hydroxyl groups is 1. The highest BCUT2D eigenvalue weighted by atomic mass is 79.9. The summed E-state index contributed by atoms with van der Waals surface area (Å²) in [4.78, 5) is 10.5. The largest absolute Gasteiger partial charge is 0.449 e. The number of ether oxygens (including phenoxy) is 1. The monoisotopic (exact) mass is 371 g/mol. The highest BCUT2D eigenvalue weighted by Crippen LogP contribution is 2.37. The maximum atomic E-state index is 11.0. The first kappa shape index (κ1) is 15.8. The Bertz CT molecular complexity index is 691. The standard InChI is InChI=1S/C14H11BrClNO4/c1-8(18)9-2-5-13(11(15)6-9)21-14-7-10(16)3-4-12(14)17(19)20/h2-8,18H,1H3/t8-/m1/s1. The van der Waals surface area contributed by atoms with Gasteiger partial charge in [0.1, 0.15) is 5.75 Å². The second-order valence-corrected chi connectivity index (χ2v) is 5.63. The van der Waals surface area contributed by atoms with E-state index in [0.29, 0.717) is 20.8 Å². The lowest BCUT2D eigenvalue weighted by Gasteiger charge is -2.11. The van der Waals surface area contributed by atoms with E-state index in [-0.39, 0.29) is 11.4 Å². The summed E-state index contributed by atoms with van der Waals surface area (Å²) in [5.41, 5.74) is 0.528. The molecule has 0 aliphatic carbocycles. The van der Waals surface area contributed by atoms with Gasteiger partial charge in [-0.15, -0.1) is 0 Å². The fourth-order valence-corrected chi connectivity index (χ4v) is 2.34. The molecule has 7 heteroatoms. The van der Waals surface area contributed by atoms with Crippen LogP contribution in [0.15, 0.2) is 40.9 Å². The van der Waals surface area contributed by atoms with Crippen molar-refractivity contribution in [2.45, 2.75) is 13.0 Å². The van der Waals surface area contributed by atoms with Crippen LogP contribution in [-0.4, -0.2) is 10.0 Å². The van der Waals surface area contributed by atoms with E-state index in [9.17, 15) is 15.2 Å². The van der Waals surface area contributed by atoms with E-state index in [2.05, 4.69) is 15.9 Å². The van der Waals surface area contributed by atoms with Crippen LogP contribution in [0, 0.1) is 10.1 Å². The molecule has 1 atom stereocenters. The van der Waals surface area contributed by atoms with Gasteiger partial charge in [-0.1, -0.05) is 17.7 Å². The molecule has 0 aromatic heterocycles. The molecule has 0 unspecified atom stereocenters. The molecule has 0 spiro atoms. The van der Waals surface area contributed by atoms with Gasteiger partial charge in [-0.25, -0.2) is 0 Å². The molecule has 0 aliphatic heterocycles. The summed E-state index contributed by atoms with van der Waals surface area (Å²) >= 11 is 9.16. The van der Waals surface area contributed by atoms with Crippen molar-refractivity contribution in [2.75, 3.05) is 0 Å². The van der Waals surface area contributed by atoms with Crippen LogP contribution >= 0.6 is 27.5 Å². The van der Waals surface area contributed by atoms with E-state index in [1.165, 1.54) is 18.2 Å². The van der Waals surface area contributed by atoms with Crippen LogP contribution in [0.3, 0.4) is 0 Å². The average molecular weight is 373 g/mol. The molecule has 0 saturated heterocycles. The summed E-state index contributed by atoms with van der Waals surface area (Å²) in [6, 6.07) is 9.09. The van der Waals surface area contributed by atoms with Gasteiger partial charge in [0, 0.05) is 17.2 Å². The molecule has 0 amide bonds. The predicted octanol–water partition coefficient (Wildman–Crippen LogP) is 4.86. The Labute approximate surface area is 134 Å².